The summed E-state index contributed by atoms with van der Waals surface area (Å²) in [7, 11) is 0. The predicted molar refractivity (Wildman–Crippen MR) is 79.3 cm³/mol. The number of hydrogen-bond donors (Lipinski definition) is 2. The second-order valence-electron chi connectivity index (χ2n) is 6.71. The van der Waals surface area contributed by atoms with Gasteiger partial charge in [0.05, 0.1) is 26.2 Å². The molecule has 1 aliphatic rings. The van der Waals surface area contributed by atoms with E-state index < -0.39 is 24.7 Å². The molecule has 2 heterocycles. The van der Waals surface area contributed by atoms with E-state index >= 15 is 0 Å². The number of rotatable bonds is 4. The molecule has 24 heavy (non-hydrogen) atoms. The van der Waals surface area contributed by atoms with E-state index in [1.807, 2.05) is 20.8 Å². The van der Waals surface area contributed by atoms with Crippen LogP contribution in [0.4, 0.5) is 13.2 Å². The third kappa shape index (κ3) is 5.17. The Labute approximate surface area is 138 Å². The van der Waals surface area contributed by atoms with Crippen LogP contribution in [0, 0.1) is 0 Å². The number of nitrogens with zero attached hydrogens (tertiary/aromatic N) is 3. The van der Waals surface area contributed by atoms with Crippen LogP contribution in [0.1, 0.15) is 38.5 Å². The van der Waals surface area contributed by atoms with Crippen LogP contribution in [-0.4, -0.2) is 65.0 Å². The minimum atomic E-state index is -4.34. The molecule has 10 heteroatoms. The van der Waals surface area contributed by atoms with Crippen LogP contribution in [0.25, 0.3) is 0 Å². The highest BCUT2D eigenvalue weighted by Gasteiger charge is 2.30. The van der Waals surface area contributed by atoms with E-state index in [2.05, 4.69) is 20.5 Å². The number of nitrogens with one attached hydrogen (secondary N) is 2. The molecule has 1 atom stereocenters. The largest absolute Gasteiger partial charge is 0.401 e. The number of ether oxygens (including phenoxy) is 1. The first-order valence-electron chi connectivity index (χ1n) is 7.66. The van der Waals surface area contributed by atoms with Crippen molar-refractivity contribution in [1.82, 2.24) is 25.4 Å². The lowest BCUT2D eigenvalue weighted by atomic mass is 9.96. The number of aromatic nitrogens is 3. The minimum absolute atomic E-state index is 0.222. The molecule has 7 nitrogen and oxygen atoms in total. The molecule has 0 aliphatic carbocycles. The van der Waals surface area contributed by atoms with Gasteiger partial charge in [-0.1, -0.05) is 20.8 Å². The first kappa shape index (κ1) is 18.7. The molecular formula is C14H22F3N5O2. The van der Waals surface area contributed by atoms with E-state index in [-0.39, 0.29) is 18.5 Å². The zero-order valence-corrected chi connectivity index (χ0v) is 13.9. The zero-order valence-electron chi connectivity index (χ0n) is 13.9. The Morgan fingerprint density at radius 3 is 2.71 bits per heavy atom. The Bertz CT molecular complexity index is 567. The molecule has 1 amide bonds. The second kappa shape index (κ2) is 7.06. The monoisotopic (exact) mass is 349 g/mol. The van der Waals surface area contributed by atoms with Gasteiger partial charge in [0.1, 0.15) is 6.10 Å². The van der Waals surface area contributed by atoms with E-state index in [0.717, 1.165) is 0 Å². The number of morpholine rings is 1. The summed E-state index contributed by atoms with van der Waals surface area (Å²) in [5, 5.41) is 9.08. The van der Waals surface area contributed by atoms with E-state index in [1.165, 1.54) is 4.90 Å². The van der Waals surface area contributed by atoms with E-state index in [4.69, 9.17) is 4.74 Å². The first-order chi connectivity index (χ1) is 11.1. The average Bonchev–Trinajstić information content (AvgIpc) is 2.96. The van der Waals surface area contributed by atoms with Gasteiger partial charge in [0.15, 0.2) is 11.6 Å². The lowest BCUT2D eigenvalue weighted by Crippen LogP contribution is -2.47. The van der Waals surface area contributed by atoms with Crippen molar-refractivity contribution < 1.29 is 22.7 Å². The molecule has 1 aliphatic heterocycles. The van der Waals surface area contributed by atoms with Crippen LogP contribution in [-0.2, 0) is 14.9 Å². The van der Waals surface area contributed by atoms with Crippen molar-refractivity contribution in [2.75, 3.05) is 32.8 Å². The normalized spacial score (nSPS) is 19.6. The number of H-pyrrole nitrogens is 1. The quantitative estimate of drug-likeness (QED) is 0.852. The Morgan fingerprint density at radius 1 is 1.42 bits per heavy atom. The lowest BCUT2D eigenvalue weighted by Gasteiger charge is -2.32. The van der Waals surface area contributed by atoms with Gasteiger partial charge in [-0.15, -0.1) is 0 Å². The Kier molecular flexibility index (Phi) is 5.49. The Hall–Kier alpha value is -1.68. The molecule has 0 saturated carbocycles. The van der Waals surface area contributed by atoms with Gasteiger partial charge in [0.2, 0.25) is 5.91 Å². The van der Waals surface area contributed by atoms with Crippen LogP contribution in [0.2, 0.25) is 0 Å². The van der Waals surface area contributed by atoms with Gasteiger partial charge in [-0.25, -0.2) is 4.98 Å². The number of carbonyl (C=O) groups is 1. The van der Waals surface area contributed by atoms with Crippen LogP contribution < -0.4 is 5.32 Å². The van der Waals surface area contributed by atoms with Crippen LogP contribution in [0.5, 0.6) is 0 Å². The zero-order chi connectivity index (χ0) is 18.0. The predicted octanol–water partition coefficient (Wildman–Crippen LogP) is 1.15. The van der Waals surface area contributed by atoms with Gasteiger partial charge in [0, 0.05) is 12.0 Å². The molecule has 2 rings (SSSR count). The van der Waals surface area contributed by atoms with Gasteiger partial charge < -0.3 is 15.0 Å². The summed E-state index contributed by atoms with van der Waals surface area (Å²) in [4.78, 5) is 17.9. The summed E-state index contributed by atoms with van der Waals surface area (Å²) >= 11 is 0. The maximum atomic E-state index is 12.1. The van der Waals surface area contributed by atoms with Crippen molar-refractivity contribution in [3.63, 3.8) is 0 Å². The third-order valence-electron chi connectivity index (χ3n) is 3.50. The van der Waals surface area contributed by atoms with Crippen LogP contribution in [0.15, 0.2) is 0 Å². The van der Waals surface area contributed by atoms with Crippen LogP contribution >= 0.6 is 0 Å². The summed E-state index contributed by atoms with van der Waals surface area (Å²) in [6.45, 7) is 5.23. The van der Waals surface area contributed by atoms with Gasteiger partial charge >= 0.3 is 6.18 Å². The molecule has 0 spiro atoms. The number of alkyl halides is 3. The number of amides is 1. The molecule has 0 bridgehead atoms. The number of halogens is 3. The average molecular weight is 349 g/mol. The Balaban J connectivity index is 1.91. The standard InChI is InChI=1S/C14H22F3N5O2/c1-13(2,3)12-19-11(20-21-12)9-7-22(4-5-24-9)10(23)6-18-8-14(15,16)17/h9,18H,4-8H2,1-3H3,(H,19,20,21). The fraction of sp³-hybridized carbons (Fsp3) is 0.786. The van der Waals surface area contributed by atoms with E-state index in [0.29, 0.717) is 24.8 Å². The van der Waals surface area contributed by atoms with Gasteiger partial charge in [0.25, 0.3) is 0 Å². The lowest BCUT2D eigenvalue weighted by molar-refractivity contribution is -0.140. The van der Waals surface area contributed by atoms with Gasteiger partial charge in [-0.3, -0.25) is 9.89 Å². The Morgan fingerprint density at radius 2 is 2.12 bits per heavy atom. The summed E-state index contributed by atoms with van der Waals surface area (Å²) < 4.78 is 41.9. The molecule has 1 saturated heterocycles. The highest BCUT2D eigenvalue weighted by atomic mass is 19.4. The van der Waals surface area contributed by atoms with Crippen molar-refractivity contribution in [3.05, 3.63) is 11.6 Å². The number of hydrogen-bond acceptors (Lipinski definition) is 5. The highest BCUT2D eigenvalue weighted by Crippen LogP contribution is 2.23. The molecule has 0 aromatic carbocycles. The van der Waals surface area contributed by atoms with Crippen molar-refractivity contribution in [1.29, 1.82) is 0 Å². The fourth-order valence-corrected chi connectivity index (χ4v) is 2.22. The minimum Gasteiger partial charge on any atom is -0.367 e. The summed E-state index contributed by atoms with van der Waals surface area (Å²) in [5.41, 5.74) is -0.222. The summed E-state index contributed by atoms with van der Waals surface area (Å²) in [6, 6.07) is 0. The van der Waals surface area contributed by atoms with Crippen molar-refractivity contribution in [3.8, 4) is 0 Å². The smallest absolute Gasteiger partial charge is 0.367 e. The van der Waals surface area contributed by atoms with Crippen molar-refractivity contribution in [2.45, 2.75) is 38.5 Å². The number of carbonyl (C=O) groups excluding carboxylic acids is 1. The molecule has 1 unspecified atom stereocenters. The molecule has 1 aromatic rings. The third-order valence-corrected chi connectivity index (χ3v) is 3.50. The number of aromatic amines is 1. The topological polar surface area (TPSA) is 83.1 Å². The van der Waals surface area contributed by atoms with E-state index in [1.54, 1.807) is 0 Å². The second-order valence-corrected chi connectivity index (χ2v) is 6.71. The van der Waals surface area contributed by atoms with Gasteiger partial charge in [-0.05, 0) is 0 Å². The maximum Gasteiger partial charge on any atom is 0.401 e. The molecule has 1 aromatic heterocycles. The maximum absolute atomic E-state index is 12.1. The van der Waals surface area contributed by atoms with Gasteiger partial charge in [-0.2, -0.15) is 18.3 Å². The van der Waals surface area contributed by atoms with Crippen molar-refractivity contribution in [2.24, 2.45) is 0 Å². The van der Waals surface area contributed by atoms with E-state index in [9.17, 15) is 18.0 Å². The summed E-state index contributed by atoms with van der Waals surface area (Å²) in [5.74, 6) is 0.750. The highest BCUT2D eigenvalue weighted by molar-refractivity contribution is 5.78. The molecular weight excluding hydrogens is 327 g/mol. The first-order valence-corrected chi connectivity index (χ1v) is 7.66. The fourth-order valence-electron chi connectivity index (χ4n) is 2.22. The molecule has 0 radical (unpaired) electrons. The van der Waals surface area contributed by atoms with Crippen molar-refractivity contribution >= 4 is 5.91 Å². The summed E-state index contributed by atoms with van der Waals surface area (Å²) in [6.07, 6.45) is -4.80. The molecule has 1 fully saturated rings. The molecule has 136 valence electrons. The van der Waals surface area contributed by atoms with Crippen LogP contribution in [0.3, 0.4) is 0 Å². The molecule has 2 N–H and O–H groups in total. The SMILES string of the molecule is CC(C)(C)c1n[nH]c(C2CN(C(=O)CNCC(F)(F)F)CCO2)n1.